The van der Waals surface area contributed by atoms with E-state index in [1.807, 2.05) is 13.1 Å². The van der Waals surface area contributed by atoms with Crippen LogP contribution in [0.15, 0.2) is 16.7 Å². The molecule has 0 aliphatic carbocycles. The van der Waals surface area contributed by atoms with E-state index in [2.05, 4.69) is 44.8 Å². The van der Waals surface area contributed by atoms with Crippen molar-refractivity contribution in [2.75, 3.05) is 44.9 Å². The van der Waals surface area contributed by atoms with Crippen molar-refractivity contribution in [1.82, 2.24) is 9.88 Å². The van der Waals surface area contributed by atoms with Gasteiger partial charge in [-0.15, -0.1) is 0 Å². The minimum atomic E-state index is 0.673. The number of aromatic nitrogens is 1. The highest BCUT2D eigenvalue weighted by molar-refractivity contribution is 9.10. The Labute approximate surface area is 99.2 Å². The first-order chi connectivity index (χ1) is 7.00. The van der Waals surface area contributed by atoms with Gasteiger partial charge in [-0.05, 0) is 36.1 Å². The normalized spacial score (nSPS) is 10.7. The molecule has 0 spiro atoms. The number of halogens is 1. The largest absolute Gasteiger partial charge is 0.397 e. The average molecular weight is 273 g/mol. The molecule has 0 aromatic carbocycles. The van der Waals surface area contributed by atoms with Crippen LogP contribution < -0.4 is 10.6 Å². The van der Waals surface area contributed by atoms with Crippen LogP contribution in [0.3, 0.4) is 0 Å². The molecule has 15 heavy (non-hydrogen) atoms. The molecule has 5 heteroatoms. The van der Waals surface area contributed by atoms with Crippen molar-refractivity contribution in [2.24, 2.45) is 0 Å². The lowest BCUT2D eigenvalue weighted by atomic mass is 10.4. The smallest absolute Gasteiger partial charge is 0.142 e. The van der Waals surface area contributed by atoms with Crippen LogP contribution in [0, 0.1) is 0 Å². The number of pyridine rings is 1. The standard InChI is InChI=1S/C10H17BrN4/c1-14(2)4-5-15(3)10-9(11)6-8(12)7-13-10/h6-7H,4-5,12H2,1-3H3. The Morgan fingerprint density at radius 3 is 2.53 bits per heavy atom. The van der Waals surface area contributed by atoms with E-state index in [4.69, 9.17) is 5.73 Å². The lowest BCUT2D eigenvalue weighted by Crippen LogP contribution is -2.29. The lowest BCUT2D eigenvalue weighted by molar-refractivity contribution is 0.416. The van der Waals surface area contributed by atoms with Crippen LogP contribution in [0.1, 0.15) is 0 Å². The molecule has 0 fully saturated rings. The zero-order chi connectivity index (χ0) is 11.4. The van der Waals surface area contributed by atoms with Crippen molar-refractivity contribution in [3.63, 3.8) is 0 Å². The molecule has 1 heterocycles. The Hall–Kier alpha value is -0.810. The van der Waals surface area contributed by atoms with Gasteiger partial charge in [-0.1, -0.05) is 0 Å². The van der Waals surface area contributed by atoms with Gasteiger partial charge < -0.3 is 15.5 Å². The van der Waals surface area contributed by atoms with Crippen molar-refractivity contribution in [3.05, 3.63) is 16.7 Å². The SMILES string of the molecule is CN(C)CCN(C)c1ncc(N)cc1Br. The summed E-state index contributed by atoms with van der Waals surface area (Å²) in [5.41, 5.74) is 6.30. The number of hydrogen-bond donors (Lipinski definition) is 1. The Bertz CT molecular complexity index is 327. The van der Waals surface area contributed by atoms with Crippen LogP contribution in [0.25, 0.3) is 0 Å². The minimum absolute atomic E-state index is 0.673. The van der Waals surface area contributed by atoms with E-state index in [0.29, 0.717) is 5.69 Å². The second-order valence-corrected chi connectivity index (χ2v) is 4.65. The minimum Gasteiger partial charge on any atom is -0.397 e. The molecular weight excluding hydrogens is 256 g/mol. The maximum absolute atomic E-state index is 5.63. The predicted octanol–water partition coefficient (Wildman–Crippen LogP) is 1.42. The van der Waals surface area contributed by atoms with Crippen LogP contribution in [0.5, 0.6) is 0 Å². The first kappa shape index (κ1) is 12.3. The van der Waals surface area contributed by atoms with E-state index in [0.717, 1.165) is 23.4 Å². The summed E-state index contributed by atoms with van der Waals surface area (Å²) in [5, 5.41) is 0. The molecule has 84 valence electrons. The number of likely N-dealkylation sites (N-methyl/N-ethyl adjacent to an activating group) is 2. The number of hydrogen-bond acceptors (Lipinski definition) is 4. The van der Waals surface area contributed by atoms with Gasteiger partial charge in [-0.2, -0.15) is 0 Å². The van der Waals surface area contributed by atoms with E-state index in [1.165, 1.54) is 0 Å². The highest BCUT2D eigenvalue weighted by Crippen LogP contribution is 2.24. The topological polar surface area (TPSA) is 45.4 Å². The van der Waals surface area contributed by atoms with Crippen LogP contribution in [-0.2, 0) is 0 Å². The second-order valence-electron chi connectivity index (χ2n) is 3.80. The van der Waals surface area contributed by atoms with E-state index in [9.17, 15) is 0 Å². The zero-order valence-corrected chi connectivity index (χ0v) is 11.0. The monoisotopic (exact) mass is 272 g/mol. The highest BCUT2D eigenvalue weighted by atomic mass is 79.9. The number of nitrogen functional groups attached to an aromatic ring is 1. The molecule has 0 unspecified atom stereocenters. The molecular formula is C10H17BrN4. The molecule has 0 atom stereocenters. The van der Waals surface area contributed by atoms with Gasteiger partial charge >= 0.3 is 0 Å². The van der Waals surface area contributed by atoms with Gasteiger partial charge in [0.25, 0.3) is 0 Å². The molecule has 1 aromatic rings. The predicted molar refractivity (Wildman–Crippen MR) is 68.2 cm³/mol. The summed E-state index contributed by atoms with van der Waals surface area (Å²) >= 11 is 3.46. The van der Waals surface area contributed by atoms with Gasteiger partial charge in [-0.3, -0.25) is 0 Å². The van der Waals surface area contributed by atoms with E-state index in [-0.39, 0.29) is 0 Å². The maximum atomic E-state index is 5.63. The van der Waals surface area contributed by atoms with Crippen molar-refractivity contribution >= 4 is 27.4 Å². The average Bonchev–Trinajstić information content (AvgIpc) is 2.14. The summed E-state index contributed by atoms with van der Waals surface area (Å²) in [5.74, 6) is 0.922. The van der Waals surface area contributed by atoms with Gasteiger partial charge in [0, 0.05) is 20.1 Å². The third-order valence-corrected chi connectivity index (χ3v) is 2.67. The highest BCUT2D eigenvalue weighted by Gasteiger charge is 2.07. The van der Waals surface area contributed by atoms with Crippen molar-refractivity contribution < 1.29 is 0 Å². The maximum Gasteiger partial charge on any atom is 0.142 e. The molecule has 0 saturated heterocycles. The van der Waals surface area contributed by atoms with Crippen molar-refractivity contribution in [3.8, 4) is 0 Å². The third-order valence-electron chi connectivity index (χ3n) is 2.09. The molecule has 0 aliphatic heterocycles. The molecule has 0 radical (unpaired) electrons. The summed E-state index contributed by atoms with van der Waals surface area (Å²) in [4.78, 5) is 8.53. The number of nitrogens with zero attached hydrogens (tertiary/aromatic N) is 3. The number of rotatable bonds is 4. The summed E-state index contributed by atoms with van der Waals surface area (Å²) in [6.45, 7) is 1.93. The molecule has 1 rings (SSSR count). The van der Waals surface area contributed by atoms with Crippen LogP contribution in [0.4, 0.5) is 11.5 Å². The Kier molecular flexibility index (Phi) is 4.35. The molecule has 0 bridgehead atoms. The molecule has 1 aromatic heterocycles. The molecule has 0 saturated carbocycles. The van der Waals surface area contributed by atoms with E-state index < -0.39 is 0 Å². The molecule has 2 N–H and O–H groups in total. The fraction of sp³-hybridized carbons (Fsp3) is 0.500. The second kappa shape index (κ2) is 5.32. The molecule has 4 nitrogen and oxygen atoms in total. The first-order valence-corrected chi connectivity index (χ1v) is 5.57. The van der Waals surface area contributed by atoms with Crippen molar-refractivity contribution in [1.29, 1.82) is 0 Å². The van der Waals surface area contributed by atoms with Gasteiger partial charge in [0.1, 0.15) is 5.82 Å². The summed E-state index contributed by atoms with van der Waals surface area (Å²) in [6, 6.07) is 1.87. The van der Waals surface area contributed by atoms with Crippen LogP contribution >= 0.6 is 15.9 Å². The number of nitrogens with two attached hydrogens (primary N) is 1. The van der Waals surface area contributed by atoms with E-state index >= 15 is 0 Å². The quantitative estimate of drug-likeness (QED) is 0.901. The Morgan fingerprint density at radius 2 is 2.00 bits per heavy atom. The van der Waals surface area contributed by atoms with Crippen LogP contribution in [0.2, 0.25) is 0 Å². The fourth-order valence-electron chi connectivity index (χ4n) is 1.18. The molecule has 0 amide bonds. The van der Waals surface area contributed by atoms with E-state index in [1.54, 1.807) is 6.20 Å². The summed E-state index contributed by atoms with van der Waals surface area (Å²) in [6.07, 6.45) is 1.67. The zero-order valence-electron chi connectivity index (χ0n) is 9.37. The molecule has 0 aliphatic rings. The van der Waals surface area contributed by atoms with Crippen LogP contribution in [-0.4, -0.2) is 44.1 Å². The lowest BCUT2D eigenvalue weighted by Gasteiger charge is -2.21. The van der Waals surface area contributed by atoms with Gasteiger partial charge in [0.15, 0.2) is 0 Å². The number of anilines is 2. The summed E-state index contributed by atoms with van der Waals surface area (Å²) < 4.78 is 0.934. The van der Waals surface area contributed by atoms with Gasteiger partial charge in [0.2, 0.25) is 0 Å². The fourth-order valence-corrected chi connectivity index (χ4v) is 1.85. The van der Waals surface area contributed by atoms with Gasteiger partial charge in [0.05, 0.1) is 16.4 Å². The Balaban J connectivity index is 2.69. The summed E-state index contributed by atoms with van der Waals surface area (Å²) in [7, 11) is 6.13. The first-order valence-electron chi connectivity index (χ1n) is 4.77. The van der Waals surface area contributed by atoms with Crippen molar-refractivity contribution in [2.45, 2.75) is 0 Å². The third kappa shape index (κ3) is 3.68. The van der Waals surface area contributed by atoms with Gasteiger partial charge in [-0.25, -0.2) is 4.98 Å². The Morgan fingerprint density at radius 1 is 1.33 bits per heavy atom.